The van der Waals surface area contributed by atoms with E-state index >= 15 is 0 Å². The van der Waals surface area contributed by atoms with Crippen molar-refractivity contribution in [2.45, 2.75) is 0 Å². The topological polar surface area (TPSA) is 62.7 Å². The number of ether oxygens (including phenoxy) is 2. The number of hydrogen-bond donors (Lipinski definition) is 0. The molecule has 2 aromatic heterocycles. The van der Waals surface area contributed by atoms with Crippen LogP contribution in [0.4, 0.5) is 0 Å². The molecule has 0 aliphatic carbocycles. The molecule has 0 saturated carbocycles. The molecule has 0 atom stereocenters. The van der Waals surface area contributed by atoms with Crippen LogP contribution in [-0.4, -0.2) is 31.9 Å². The van der Waals surface area contributed by atoms with Gasteiger partial charge in [0.15, 0.2) is 11.5 Å². The number of nitrogens with zero attached hydrogens (tertiary/aromatic N) is 2. The van der Waals surface area contributed by atoms with Gasteiger partial charge in [0.2, 0.25) is 0 Å². The molecule has 21 heavy (non-hydrogen) atoms. The van der Waals surface area contributed by atoms with Gasteiger partial charge in [-0.3, -0.25) is 0 Å². The van der Waals surface area contributed by atoms with Gasteiger partial charge in [0.1, 0.15) is 0 Å². The van der Waals surface area contributed by atoms with Gasteiger partial charge in [-0.1, -0.05) is 23.2 Å². The Bertz CT molecular complexity index is 577. The summed E-state index contributed by atoms with van der Waals surface area (Å²) in [6.07, 6.45) is 2.88. The van der Waals surface area contributed by atoms with E-state index in [2.05, 4.69) is 9.97 Å². The quantitative estimate of drug-likeness (QED) is 0.760. The number of halogens is 2. The fourth-order valence-electron chi connectivity index (χ4n) is 1.42. The van der Waals surface area contributed by atoms with Crippen LogP contribution in [0.15, 0.2) is 24.5 Å². The van der Waals surface area contributed by atoms with Crippen LogP contribution in [0.2, 0.25) is 10.0 Å². The summed E-state index contributed by atoms with van der Waals surface area (Å²) in [7, 11) is 4.01. The van der Waals surface area contributed by atoms with Gasteiger partial charge in [-0.25, -0.2) is 9.97 Å². The van der Waals surface area contributed by atoms with Crippen molar-refractivity contribution in [1.29, 1.82) is 0 Å². The molecule has 0 aliphatic rings. The second kappa shape index (κ2) is 7.24. The van der Waals surface area contributed by atoms with E-state index in [1.165, 1.54) is 26.6 Å². The zero-order valence-corrected chi connectivity index (χ0v) is 12.7. The van der Waals surface area contributed by atoms with Crippen LogP contribution in [0.25, 0.3) is 0 Å². The Morgan fingerprint density at radius 1 is 0.857 bits per heavy atom. The maximum atomic E-state index is 5.84. The van der Waals surface area contributed by atoms with Crippen LogP contribution in [-0.2, 0) is 0 Å². The van der Waals surface area contributed by atoms with E-state index in [0.717, 1.165) is 7.69 Å². The monoisotopic (exact) mass is 327 g/mol. The third kappa shape index (κ3) is 4.06. The molecule has 0 bridgehead atoms. The molecule has 109 valence electrons. The van der Waals surface area contributed by atoms with Crippen molar-refractivity contribution in [3.63, 3.8) is 0 Å². The van der Waals surface area contributed by atoms with Crippen LogP contribution >= 0.6 is 23.2 Å². The summed E-state index contributed by atoms with van der Waals surface area (Å²) >= 11 is 11.7. The van der Waals surface area contributed by atoms with Gasteiger partial charge in [-0.05, 0) is 0 Å². The molecule has 0 fully saturated rings. The molecule has 0 spiro atoms. The van der Waals surface area contributed by atoms with Gasteiger partial charge in [0.25, 0.3) is 11.8 Å². The van der Waals surface area contributed by atoms with Crippen LogP contribution < -0.4 is 18.8 Å². The summed E-state index contributed by atoms with van der Waals surface area (Å²) in [5.41, 5.74) is 0. The molecule has 1 radical (unpaired) electrons. The summed E-state index contributed by atoms with van der Waals surface area (Å²) in [6.45, 7) is 0. The molecule has 2 heterocycles. The minimum atomic E-state index is 0.274. The third-order valence-electron chi connectivity index (χ3n) is 2.31. The molecule has 0 N–H and O–H groups in total. The fourth-order valence-corrected chi connectivity index (χ4v) is 1.72. The molecule has 0 unspecified atom stereocenters. The van der Waals surface area contributed by atoms with E-state index in [4.69, 9.17) is 42.0 Å². The van der Waals surface area contributed by atoms with Crippen LogP contribution in [0.5, 0.6) is 23.3 Å². The SMILES string of the molecule is COc1ncc(Cl)cc1O[B]Oc1cc(Cl)cnc1OC. The Hall–Kier alpha value is -1.86. The molecular weight excluding hydrogens is 318 g/mol. The highest BCUT2D eigenvalue weighted by Gasteiger charge is 2.13. The average molecular weight is 328 g/mol. The van der Waals surface area contributed by atoms with Crippen molar-refractivity contribution >= 4 is 30.9 Å². The summed E-state index contributed by atoms with van der Waals surface area (Å²) in [5, 5.41) is 0.808. The lowest BCUT2D eigenvalue weighted by Crippen LogP contribution is -2.12. The first-order chi connectivity index (χ1) is 10.1. The average Bonchev–Trinajstić information content (AvgIpc) is 2.48. The Morgan fingerprint density at radius 2 is 1.29 bits per heavy atom. The number of pyridine rings is 2. The highest BCUT2D eigenvalue weighted by Crippen LogP contribution is 2.29. The van der Waals surface area contributed by atoms with Crippen molar-refractivity contribution in [2.24, 2.45) is 0 Å². The minimum absolute atomic E-state index is 0.274. The first-order valence-electron chi connectivity index (χ1n) is 5.68. The second-order valence-electron chi connectivity index (χ2n) is 3.65. The Kier molecular flexibility index (Phi) is 5.35. The zero-order chi connectivity index (χ0) is 15.2. The fraction of sp³-hybridized carbons (Fsp3) is 0.167. The largest absolute Gasteiger partial charge is 0.658 e. The standard InChI is InChI=1S/C12H10BCl2N2O4/c1-18-11-9(3-7(14)5-16-11)20-13-21-10-4-8(15)6-17-12(10)19-2/h3-6H,1-2H3. The molecule has 2 aromatic rings. The highest BCUT2D eigenvalue weighted by atomic mass is 35.5. The van der Waals surface area contributed by atoms with Crippen LogP contribution in [0.3, 0.4) is 0 Å². The molecule has 0 amide bonds. The number of aromatic nitrogens is 2. The van der Waals surface area contributed by atoms with Crippen molar-refractivity contribution in [3.05, 3.63) is 34.6 Å². The first kappa shape index (κ1) is 15.5. The van der Waals surface area contributed by atoms with Crippen molar-refractivity contribution in [1.82, 2.24) is 9.97 Å². The third-order valence-corrected chi connectivity index (χ3v) is 2.72. The van der Waals surface area contributed by atoms with E-state index in [9.17, 15) is 0 Å². The molecule has 6 nitrogen and oxygen atoms in total. The predicted octanol–water partition coefficient (Wildman–Crippen LogP) is 2.79. The van der Waals surface area contributed by atoms with Crippen molar-refractivity contribution in [3.8, 4) is 23.3 Å². The molecule has 2 rings (SSSR count). The lowest BCUT2D eigenvalue weighted by atomic mass is 10.3. The van der Waals surface area contributed by atoms with Gasteiger partial charge in [-0.2, -0.15) is 0 Å². The number of rotatable bonds is 6. The van der Waals surface area contributed by atoms with Crippen LogP contribution in [0, 0.1) is 0 Å². The van der Waals surface area contributed by atoms with Crippen molar-refractivity contribution in [2.75, 3.05) is 14.2 Å². The van der Waals surface area contributed by atoms with Gasteiger partial charge in [0.05, 0.1) is 24.3 Å². The van der Waals surface area contributed by atoms with E-state index in [0.29, 0.717) is 21.5 Å². The second-order valence-corrected chi connectivity index (χ2v) is 4.53. The minimum Gasteiger partial charge on any atom is -0.522 e. The summed E-state index contributed by atoms with van der Waals surface area (Å²) in [6, 6.07) is 3.08. The summed E-state index contributed by atoms with van der Waals surface area (Å²) in [4.78, 5) is 7.91. The van der Waals surface area contributed by atoms with E-state index in [1.807, 2.05) is 0 Å². The van der Waals surface area contributed by atoms with Crippen molar-refractivity contribution < 1.29 is 18.8 Å². The van der Waals surface area contributed by atoms with E-state index in [-0.39, 0.29) is 11.8 Å². The smallest absolute Gasteiger partial charge is 0.522 e. The van der Waals surface area contributed by atoms with Gasteiger partial charge >= 0.3 is 7.69 Å². The molecular formula is C12H10BCl2N2O4. The highest BCUT2D eigenvalue weighted by molar-refractivity contribution is 6.31. The zero-order valence-electron chi connectivity index (χ0n) is 11.2. The molecule has 0 aromatic carbocycles. The lowest BCUT2D eigenvalue weighted by Gasteiger charge is -2.11. The van der Waals surface area contributed by atoms with Gasteiger partial charge in [0, 0.05) is 24.5 Å². The van der Waals surface area contributed by atoms with Crippen LogP contribution in [0.1, 0.15) is 0 Å². The molecule has 0 aliphatic heterocycles. The lowest BCUT2D eigenvalue weighted by molar-refractivity contribution is 0.356. The Morgan fingerprint density at radius 3 is 1.67 bits per heavy atom. The van der Waals surface area contributed by atoms with E-state index < -0.39 is 0 Å². The van der Waals surface area contributed by atoms with Gasteiger partial charge in [-0.15, -0.1) is 0 Å². The summed E-state index contributed by atoms with van der Waals surface area (Å²) < 4.78 is 20.7. The maximum absolute atomic E-state index is 5.84. The molecule has 0 saturated heterocycles. The Labute approximate surface area is 132 Å². The molecule has 9 heteroatoms. The predicted molar refractivity (Wildman–Crippen MR) is 78.6 cm³/mol. The van der Waals surface area contributed by atoms with Gasteiger partial charge < -0.3 is 18.8 Å². The first-order valence-corrected chi connectivity index (χ1v) is 6.43. The number of methoxy groups -OCH3 is 2. The summed E-state index contributed by atoms with van der Waals surface area (Å²) in [5.74, 6) is 1.16. The van der Waals surface area contributed by atoms with E-state index in [1.54, 1.807) is 12.1 Å². The Balaban J connectivity index is 2.05. The number of hydrogen-bond acceptors (Lipinski definition) is 6. The maximum Gasteiger partial charge on any atom is 0.658 e. The normalized spacial score (nSPS) is 9.90.